The van der Waals surface area contributed by atoms with Crippen LogP contribution in [0.1, 0.15) is 40.5 Å². The third-order valence-electron chi connectivity index (χ3n) is 4.02. The molecule has 0 spiro atoms. The standard InChI is InChI=1S/C12H21N3O3/c1-8(17)18-11(2,3)9-5-6-12(4,14-15-13)10(9)7-16/h9-10,16H,5-7H2,1-4H3/t9-,10+,12-/m1/s1. The van der Waals surface area contributed by atoms with Gasteiger partial charge in [0.05, 0.1) is 5.54 Å². The van der Waals surface area contributed by atoms with E-state index in [0.29, 0.717) is 6.42 Å². The predicted molar refractivity (Wildman–Crippen MR) is 66.7 cm³/mol. The summed E-state index contributed by atoms with van der Waals surface area (Å²) in [5, 5.41) is 13.4. The minimum Gasteiger partial charge on any atom is -0.460 e. The molecule has 102 valence electrons. The number of hydrogen-bond acceptors (Lipinski definition) is 4. The molecule has 0 aromatic heterocycles. The second-order valence-corrected chi connectivity index (χ2v) is 5.68. The highest BCUT2D eigenvalue weighted by molar-refractivity contribution is 5.66. The summed E-state index contributed by atoms with van der Waals surface area (Å²) in [7, 11) is 0. The second kappa shape index (κ2) is 5.16. The zero-order valence-corrected chi connectivity index (χ0v) is 11.4. The van der Waals surface area contributed by atoms with Crippen molar-refractivity contribution in [1.29, 1.82) is 0 Å². The first-order valence-corrected chi connectivity index (χ1v) is 6.13. The van der Waals surface area contributed by atoms with Gasteiger partial charge in [-0.25, -0.2) is 0 Å². The molecular formula is C12H21N3O3. The fourth-order valence-corrected chi connectivity index (χ4v) is 3.10. The molecule has 1 aliphatic carbocycles. The molecule has 0 saturated heterocycles. The van der Waals surface area contributed by atoms with Crippen LogP contribution < -0.4 is 0 Å². The van der Waals surface area contributed by atoms with Gasteiger partial charge in [-0.1, -0.05) is 12.0 Å². The van der Waals surface area contributed by atoms with E-state index in [1.54, 1.807) is 0 Å². The predicted octanol–water partition coefficient (Wildman–Crippen LogP) is 2.42. The van der Waals surface area contributed by atoms with Gasteiger partial charge in [0, 0.05) is 24.4 Å². The van der Waals surface area contributed by atoms with Crippen molar-refractivity contribution < 1.29 is 14.6 Å². The maximum Gasteiger partial charge on any atom is 0.303 e. The van der Waals surface area contributed by atoms with E-state index in [0.717, 1.165) is 6.42 Å². The maximum absolute atomic E-state index is 11.1. The molecule has 1 aliphatic rings. The van der Waals surface area contributed by atoms with Crippen molar-refractivity contribution in [3.05, 3.63) is 10.4 Å². The van der Waals surface area contributed by atoms with Crippen LogP contribution in [0.25, 0.3) is 10.4 Å². The van der Waals surface area contributed by atoms with Gasteiger partial charge in [-0.15, -0.1) is 0 Å². The van der Waals surface area contributed by atoms with E-state index >= 15 is 0 Å². The van der Waals surface area contributed by atoms with Crippen LogP contribution in [0, 0.1) is 11.8 Å². The molecule has 0 aliphatic heterocycles. The van der Waals surface area contributed by atoms with Crippen molar-refractivity contribution in [3.63, 3.8) is 0 Å². The Morgan fingerprint density at radius 2 is 2.28 bits per heavy atom. The molecule has 0 unspecified atom stereocenters. The van der Waals surface area contributed by atoms with E-state index in [4.69, 9.17) is 10.3 Å². The molecule has 1 saturated carbocycles. The first kappa shape index (κ1) is 14.8. The van der Waals surface area contributed by atoms with Gasteiger partial charge in [0.25, 0.3) is 0 Å². The highest BCUT2D eigenvalue weighted by Gasteiger charge is 2.51. The van der Waals surface area contributed by atoms with E-state index in [2.05, 4.69) is 10.0 Å². The fourth-order valence-electron chi connectivity index (χ4n) is 3.10. The number of aliphatic hydroxyl groups excluding tert-OH is 1. The van der Waals surface area contributed by atoms with E-state index in [-0.39, 0.29) is 24.4 Å². The van der Waals surface area contributed by atoms with Gasteiger partial charge < -0.3 is 9.84 Å². The number of ether oxygens (including phenoxy) is 1. The van der Waals surface area contributed by atoms with Crippen LogP contribution in [-0.2, 0) is 9.53 Å². The summed E-state index contributed by atoms with van der Waals surface area (Å²) in [6, 6.07) is 0. The molecule has 0 aromatic carbocycles. The number of esters is 1. The number of aliphatic hydroxyl groups is 1. The SMILES string of the molecule is CC(=O)OC(C)(C)[C@@H]1CC[C@@](C)(N=[N+]=[N-])[C@H]1CO. The molecule has 1 rings (SSSR count). The second-order valence-electron chi connectivity index (χ2n) is 5.68. The zero-order valence-electron chi connectivity index (χ0n) is 11.4. The number of hydrogen-bond donors (Lipinski definition) is 1. The number of azide groups is 1. The van der Waals surface area contributed by atoms with Crippen LogP contribution in [-0.4, -0.2) is 28.8 Å². The number of carbonyl (C=O) groups is 1. The zero-order chi connectivity index (χ0) is 14.0. The number of rotatable bonds is 4. The Bertz CT molecular complexity index is 377. The van der Waals surface area contributed by atoms with Crippen molar-refractivity contribution >= 4 is 5.97 Å². The lowest BCUT2D eigenvalue weighted by Gasteiger charge is -2.37. The Hall–Kier alpha value is -1.26. The minimum atomic E-state index is -0.665. The van der Waals surface area contributed by atoms with E-state index in [9.17, 15) is 9.90 Å². The van der Waals surface area contributed by atoms with E-state index < -0.39 is 11.1 Å². The molecule has 0 amide bonds. The van der Waals surface area contributed by atoms with Crippen LogP contribution >= 0.6 is 0 Å². The summed E-state index contributed by atoms with van der Waals surface area (Å²) in [6.07, 6.45) is 1.46. The Labute approximate surface area is 107 Å². The molecule has 6 nitrogen and oxygen atoms in total. The number of carbonyl (C=O) groups excluding carboxylic acids is 1. The van der Waals surface area contributed by atoms with Gasteiger partial charge >= 0.3 is 5.97 Å². The van der Waals surface area contributed by atoms with Gasteiger partial charge in [0.1, 0.15) is 5.60 Å². The summed E-state index contributed by atoms with van der Waals surface area (Å²) < 4.78 is 5.34. The molecule has 0 bridgehead atoms. The molecular weight excluding hydrogens is 234 g/mol. The lowest BCUT2D eigenvalue weighted by atomic mass is 9.78. The van der Waals surface area contributed by atoms with Crippen LogP contribution in [0.4, 0.5) is 0 Å². The van der Waals surface area contributed by atoms with Gasteiger partial charge in [-0.2, -0.15) is 0 Å². The lowest BCUT2D eigenvalue weighted by Crippen LogP contribution is -2.43. The van der Waals surface area contributed by atoms with Crippen molar-refractivity contribution in [2.75, 3.05) is 6.61 Å². The minimum absolute atomic E-state index is 0.0121. The summed E-state index contributed by atoms with van der Waals surface area (Å²) in [4.78, 5) is 14.0. The third kappa shape index (κ3) is 2.76. The third-order valence-corrected chi connectivity index (χ3v) is 4.02. The van der Waals surface area contributed by atoms with Crippen molar-refractivity contribution in [2.45, 2.75) is 51.7 Å². The summed E-state index contributed by atoms with van der Waals surface area (Å²) in [5.41, 5.74) is 7.36. The highest BCUT2D eigenvalue weighted by atomic mass is 16.6. The first-order valence-electron chi connectivity index (χ1n) is 6.13. The average molecular weight is 255 g/mol. The quantitative estimate of drug-likeness (QED) is 0.361. The number of nitrogens with zero attached hydrogens (tertiary/aromatic N) is 3. The molecule has 3 atom stereocenters. The Morgan fingerprint density at radius 3 is 2.72 bits per heavy atom. The first-order chi connectivity index (χ1) is 8.27. The Balaban J connectivity index is 2.98. The molecule has 1 N–H and O–H groups in total. The molecule has 6 heteroatoms. The Kier molecular flexibility index (Phi) is 4.24. The van der Waals surface area contributed by atoms with Crippen molar-refractivity contribution in [3.8, 4) is 0 Å². The van der Waals surface area contributed by atoms with Crippen molar-refractivity contribution in [1.82, 2.24) is 0 Å². The highest BCUT2D eigenvalue weighted by Crippen LogP contribution is 2.48. The topological polar surface area (TPSA) is 95.3 Å². The van der Waals surface area contributed by atoms with E-state index in [1.807, 2.05) is 20.8 Å². The molecule has 1 fully saturated rings. The van der Waals surface area contributed by atoms with Gasteiger partial charge in [0.15, 0.2) is 0 Å². The fraction of sp³-hybridized carbons (Fsp3) is 0.917. The normalized spacial score (nSPS) is 31.8. The summed E-state index contributed by atoms with van der Waals surface area (Å²) in [5.74, 6) is -0.543. The smallest absolute Gasteiger partial charge is 0.303 e. The van der Waals surface area contributed by atoms with Crippen molar-refractivity contribution in [2.24, 2.45) is 17.0 Å². The van der Waals surface area contributed by atoms with E-state index in [1.165, 1.54) is 6.92 Å². The monoisotopic (exact) mass is 255 g/mol. The van der Waals surface area contributed by atoms with Crippen LogP contribution in [0.15, 0.2) is 5.11 Å². The summed E-state index contributed by atoms with van der Waals surface area (Å²) in [6.45, 7) is 6.81. The molecule has 18 heavy (non-hydrogen) atoms. The van der Waals surface area contributed by atoms with Gasteiger partial charge in [-0.3, -0.25) is 4.79 Å². The maximum atomic E-state index is 11.1. The average Bonchev–Trinajstić information content (AvgIpc) is 2.54. The molecule has 0 radical (unpaired) electrons. The molecule has 0 aromatic rings. The largest absolute Gasteiger partial charge is 0.460 e. The lowest BCUT2D eigenvalue weighted by molar-refractivity contribution is -0.161. The van der Waals surface area contributed by atoms with Gasteiger partial charge in [-0.05, 0) is 38.1 Å². The van der Waals surface area contributed by atoms with Crippen LogP contribution in [0.2, 0.25) is 0 Å². The molecule has 0 heterocycles. The van der Waals surface area contributed by atoms with Gasteiger partial charge in [0.2, 0.25) is 0 Å². The van der Waals surface area contributed by atoms with Crippen LogP contribution in [0.5, 0.6) is 0 Å². The van der Waals surface area contributed by atoms with Crippen LogP contribution in [0.3, 0.4) is 0 Å². The summed E-state index contributed by atoms with van der Waals surface area (Å²) >= 11 is 0. The Morgan fingerprint density at radius 1 is 1.67 bits per heavy atom.